The highest BCUT2D eigenvalue weighted by Crippen LogP contribution is 2.60. The number of rotatable bonds is 33. The van der Waals surface area contributed by atoms with Crippen LogP contribution in [-0.4, -0.2) is 11.6 Å². The summed E-state index contributed by atoms with van der Waals surface area (Å²) in [4.78, 5) is 33.8. The average molecular weight is 1300 g/mol. The van der Waals surface area contributed by atoms with Gasteiger partial charge in [-0.1, -0.05) is 290 Å². The first-order chi connectivity index (χ1) is 46.1. The van der Waals surface area contributed by atoms with Gasteiger partial charge in [-0.05, 0) is 176 Å². The Labute approximate surface area is 575 Å². The third-order valence-electron chi connectivity index (χ3n) is 22.1. The zero-order valence-corrected chi connectivity index (χ0v) is 59.9. The molecule has 0 amide bonds. The Morgan fingerprint density at radius 1 is 0.319 bits per heavy atom. The van der Waals surface area contributed by atoms with Crippen molar-refractivity contribution in [1.82, 2.24) is 0 Å². The molecule has 94 heavy (non-hydrogen) atoms. The molecule has 3 aromatic heterocycles. The normalized spacial score (nSPS) is 14.1. The fourth-order valence-corrected chi connectivity index (χ4v) is 20.7. The maximum absolute atomic E-state index is 13.7. The molecular weight excluding hydrogens is 1200 g/mol. The number of thiophene rings is 3. The summed E-state index contributed by atoms with van der Waals surface area (Å²) in [6.07, 6.45) is 35.6. The molecular formula is C89H100O2S3. The fourth-order valence-electron chi connectivity index (χ4n) is 17.3. The predicted octanol–water partition coefficient (Wildman–Crippen LogP) is 28.4. The van der Waals surface area contributed by atoms with E-state index >= 15 is 0 Å². The van der Waals surface area contributed by atoms with Gasteiger partial charge in [0, 0.05) is 41.5 Å². The number of fused-ring (bicyclic) bond motifs is 9. The number of aryl methyl sites for hydroxylation is 2. The molecule has 10 aromatic rings. The number of carbonyl (C=O) groups is 2. The minimum atomic E-state index is -0.162. The highest BCUT2D eigenvalue weighted by Gasteiger charge is 2.45. The van der Waals surface area contributed by atoms with Crippen LogP contribution < -0.4 is 0 Å². The summed E-state index contributed by atoms with van der Waals surface area (Å²) in [5.41, 5.74) is 20.9. The highest BCUT2D eigenvalue weighted by atomic mass is 32.1. The number of Topliss-reactive ketones (excluding diaryl/α,β-unsaturated/α-hetero) is 2. The molecule has 0 unspecified atom stereocenters. The summed E-state index contributed by atoms with van der Waals surface area (Å²) in [6, 6.07) is 57.8. The van der Waals surface area contributed by atoms with Crippen molar-refractivity contribution in [2.24, 2.45) is 0 Å². The fraction of sp³-hybridized carbons (Fsp3) is 0.416. The zero-order chi connectivity index (χ0) is 64.8. The monoisotopic (exact) mass is 1300 g/mol. The molecule has 5 heteroatoms. The van der Waals surface area contributed by atoms with Crippen LogP contribution in [0.15, 0.2) is 146 Å². The molecule has 2 nitrogen and oxygen atoms in total. The molecule has 0 fully saturated rings. The highest BCUT2D eigenvalue weighted by molar-refractivity contribution is 7.28. The smallest absolute Gasteiger partial charge is 0.172 e. The van der Waals surface area contributed by atoms with E-state index in [-0.39, 0.29) is 28.8 Å². The molecule has 0 radical (unpaired) electrons. The first kappa shape index (κ1) is 66.1. The number of benzene rings is 7. The van der Waals surface area contributed by atoms with Gasteiger partial charge in [0.2, 0.25) is 0 Å². The van der Waals surface area contributed by atoms with Gasteiger partial charge in [0.25, 0.3) is 0 Å². The van der Waals surface area contributed by atoms with Crippen LogP contribution in [0, 0.1) is 13.8 Å². The second-order valence-corrected chi connectivity index (χ2v) is 31.9. The van der Waals surface area contributed by atoms with Gasteiger partial charge < -0.3 is 0 Å². The molecule has 3 aliphatic rings. The summed E-state index contributed by atoms with van der Waals surface area (Å²) in [5.74, 6) is -0.0800. The molecule has 0 bridgehead atoms. The third-order valence-corrected chi connectivity index (χ3v) is 25.8. The van der Waals surface area contributed by atoms with Crippen LogP contribution in [0.4, 0.5) is 0 Å². The minimum Gasteiger partial charge on any atom is -0.294 e. The second kappa shape index (κ2) is 29.9. The van der Waals surface area contributed by atoms with Crippen molar-refractivity contribution in [3.63, 3.8) is 0 Å². The van der Waals surface area contributed by atoms with Gasteiger partial charge in [0.15, 0.2) is 11.6 Å². The van der Waals surface area contributed by atoms with E-state index in [1.54, 1.807) is 45.1 Å². The molecule has 0 N–H and O–H groups in total. The van der Waals surface area contributed by atoms with Crippen molar-refractivity contribution in [1.29, 1.82) is 0 Å². The number of hydrogen-bond donors (Lipinski definition) is 0. The SMILES string of the molecule is CCCCCCCCC1(CCCCCCCC)c2cc(C)ccc2-c2ccc(-c3c4ccccc4c(-c4ccc5c(c4)C(CCCCCCCC)(CCCCCCCC)c4cc(-c6ccc(-c7sc(-c8ccc(C)s8)c8c7C(=O)CC8=O)s6)ccc4-5)c4ccccc34)cc21. The minimum absolute atomic E-state index is 0.0106. The molecule has 0 spiro atoms. The van der Waals surface area contributed by atoms with E-state index in [2.05, 4.69) is 187 Å². The van der Waals surface area contributed by atoms with Gasteiger partial charge in [-0.15, -0.1) is 34.0 Å². The lowest BCUT2D eigenvalue weighted by Crippen LogP contribution is -2.25. The van der Waals surface area contributed by atoms with E-state index in [0.29, 0.717) is 11.1 Å². The Morgan fingerprint density at radius 3 is 1.06 bits per heavy atom. The topological polar surface area (TPSA) is 34.1 Å². The van der Waals surface area contributed by atoms with E-state index in [1.807, 2.05) is 0 Å². The van der Waals surface area contributed by atoms with Gasteiger partial charge in [-0.2, -0.15) is 0 Å². The first-order valence-corrected chi connectivity index (χ1v) is 39.5. The second-order valence-electron chi connectivity index (χ2n) is 28.5. The quantitative estimate of drug-likeness (QED) is 0.0233. The standard InChI is InChI=1S/C89H100O2S3/c1-7-11-15-19-23-31-51-88(52-32-24-20-16-12-8-2)73-55-60(5)39-44-65(73)67-46-42-63(57-75(67)88)82-69-35-27-29-37-71(69)83(72-38-30-28-36-70(72)82)64-43-47-68-66-45-41-62(56-74(66)89(76(68)58-64,53-33-25-21-17-13-9-3)54-34-26-22-18-14-10-4)79-49-50-81(93-79)87-85-78(91)59-77(90)84(85)86(94-87)80-48-40-61(6)92-80/h27-30,35-50,55-58H,7-26,31-34,51-54,59H2,1-6H3. The van der Waals surface area contributed by atoms with Gasteiger partial charge >= 0.3 is 0 Å². The van der Waals surface area contributed by atoms with E-state index in [4.69, 9.17) is 0 Å². The van der Waals surface area contributed by atoms with Gasteiger partial charge in [-0.3, -0.25) is 9.59 Å². The molecule has 7 aromatic carbocycles. The van der Waals surface area contributed by atoms with Crippen molar-refractivity contribution in [3.05, 3.63) is 189 Å². The zero-order valence-electron chi connectivity index (χ0n) is 57.4. The van der Waals surface area contributed by atoms with E-state index in [0.717, 1.165) is 32.4 Å². The largest absolute Gasteiger partial charge is 0.294 e. The van der Waals surface area contributed by atoms with Crippen LogP contribution >= 0.6 is 34.0 Å². The van der Waals surface area contributed by atoms with E-state index in [9.17, 15) is 9.59 Å². The van der Waals surface area contributed by atoms with Crippen molar-refractivity contribution >= 4 is 67.1 Å². The molecule has 0 aliphatic heterocycles. The van der Waals surface area contributed by atoms with E-state index in [1.165, 1.54) is 265 Å². The molecule has 0 saturated heterocycles. The van der Waals surface area contributed by atoms with Crippen molar-refractivity contribution in [2.75, 3.05) is 0 Å². The number of unbranched alkanes of at least 4 members (excludes halogenated alkanes) is 20. The van der Waals surface area contributed by atoms with Crippen LogP contribution in [0.1, 0.15) is 267 Å². The van der Waals surface area contributed by atoms with E-state index < -0.39 is 0 Å². The maximum atomic E-state index is 13.7. The Balaban J connectivity index is 0.927. The van der Waals surface area contributed by atoms with Crippen LogP contribution in [-0.2, 0) is 10.8 Å². The van der Waals surface area contributed by atoms with Crippen molar-refractivity contribution in [3.8, 4) is 74.5 Å². The van der Waals surface area contributed by atoms with Gasteiger partial charge in [0.05, 0.1) is 16.2 Å². The number of hydrogen-bond acceptors (Lipinski definition) is 5. The summed E-state index contributed by atoms with van der Waals surface area (Å²) in [5, 5.41) is 5.31. The van der Waals surface area contributed by atoms with Crippen molar-refractivity contribution in [2.45, 2.75) is 239 Å². The van der Waals surface area contributed by atoms with Crippen LogP contribution in [0.3, 0.4) is 0 Å². The summed E-state index contributed by atoms with van der Waals surface area (Å²) < 4.78 is 0. The number of ketones is 2. The summed E-state index contributed by atoms with van der Waals surface area (Å²) >= 11 is 5.11. The van der Waals surface area contributed by atoms with Crippen LogP contribution in [0.5, 0.6) is 0 Å². The van der Waals surface area contributed by atoms with Crippen molar-refractivity contribution < 1.29 is 9.59 Å². The lowest BCUT2D eigenvalue weighted by molar-refractivity contribution is 0.0923. The average Bonchev–Trinajstić information content (AvgIpc) is 1.50. The Morgan fingerprint density at radius 2 is 0.660 bits per heavy atom. The molecule has 486 valence electrons. The Hall–Kier alpha value is -6.50. The lowest BCUT2D eigenvalue weighted by atomic mass is 9.69. The van der Waals surface area contributed by atoms with Gasteiger partial charge in [-0.25, -0.2) is 0 Å². The Bertz CT molecular complexity index is 4250. The summed E-state index contributed by atoms with van der Waals surface area (Å²) in [7, 11) is 0. The predicted molar refractivity (Wildman–Crippen MR) is 409 cm³/mol. The van der Waals surface area contributed by atoms with Crippen LogP contribution in [0.25, 0.3) is 96.0 Å². The Kier molecular flexibility index (Phi) is 21.0. The lowest BCUT2D eigenvalue weighted by Gasteiger charge is -2.34. The molecule has 13 rings (SSSR count). The molecule has 0 saturated carbocycles. The summed E-state index contributed by atoms with van der Waals surface area (Å²) in [6.45, 7) is 13.8. The van der Waals surface area contributed by atoms with Crippen LogP contribution in [0.2, 0.25) is 0 Å². The molecule has 3 aliphatic carbocycles. The number of carbonyl (C=O) groups excluding carboxylic acids is 2. The molecule has 0 atom stereocenters. The first-order valence-electron chi connectivity index (χ1n) is 37.0. The third kappa shape index (κ3) is 12.9. The molecule has 3 heterocycles. The van der Waals surface area contributed by atoms with Gasteiger partial charge in [0.1, 0.15) is 0 Å². The maximum Gasteiger partial charge on any atom is 0.172 e.